The van der Waals surface area contributed by atoms with Crippen molar-refractivity contribution in [1.29, 1.82) is 0 Å². The summed E-state index contributed by atoms with van der Waals surface area (Å²) in [5, 5.41) is 3.76. The van der Waals surface area contributed by atoms with E-state index in [9.17, 15) is 0 Å². The molecule has 0 saturated heterocycles. The largest absolute Gasteiger partial charge is 0.314 e. The fourth-order valence-corrected chi connectivity index (χ4v) is 3.03. The van der Waals surface area contributed by atoms with E-state index in [0.717, 1.165) is 19.0 Å². The van der Waals surface area contributed by atoms with Gasteiger partial charge in [0.05, 0.1) is 0 Å². The lowest BCUT2D eigenvalue weighted by molar-refractivity contribution is 0.401. The third-order valence-corrected chi connectivity index (χ3v) is 4.29. The molecule has 1 fully saturated rings. The first-order valence-electron chi connectivity index (χ1n) is 8.60. The Morgan fingerprint density at radius 1 is 0.789 bits per heavy atom. The Labute approximate surface area is 120 Å². The Morgan fingerprint density at radius 2 is 1.32 bits per heavy atom. The van der Waals surface area contributed by atoms with E-state index >= 15 is 0 Å². The molecule has 0 aliphatic heterocycles. The molecule has 1 aliphatic carbocycles. The second-order valence-corrected chi connectivity index (χ2v) is 6.07. The van der Waals surface area contributed by atoms with Crippen molar-refractivity contribution in [2.75, 3.05) is 6.54 Å². The second-order valence-electron chi connectivity index (χ2n) is 6.07. The minimum absolute atomic E-state index is 0.769. The van der Waals surface area contributed by atoms with E-state index in [1.807, 2.05) is 0 Å². The van der Waals surface area contributed by atoms with Gasteiger partial charge in [-0.1, -0.05) is 57.8 Å². The topological polar surface area (TPSA) is 12.0 Å². The van der Waals surface area contributed by atoms with Gasteiger partial charge in [0.25, 0.3) is 0 Å². The molecule has 0 aromatic rings. The van der Waals surface area contributed by atoms with Crippen molar-refractivity contribution >= 4 is 0 Å². The first-order chi connectivity index (χ1) is 9.43. The molecular weight excluding hydrogens is 230 g/mol. The van der Waals surface area contributed by atoms with Gasteiger partial charge < -0.3 is 5.32 Å². The van der Waals surface area contributed by atoms with Gasteiger partial charge >= 0.3 is 0 Å². The Hall–Kier alpha value is -0.480. The minimum atomic E-state index is 0.769. The Balaban J connectivity index is 2.13. The van der Waals surface area contributed by atoms with Crippen molar-refractivity contribution in [2.45, 2.75) is 95.9 Å². The minimum Gasteiger partial charge on any atom is -0.314 e. The SMILES string of the molecule is C#CCCCCNC1CCCCCCCCCCC1. The number of rotatable bonds is 5. The fourth-order valence-electron chi connectivity index (χ4n) is 3.03. The molecule has 1 N–H and O–H groups in total. The summed E-state index contributed by atoms with van der Waals surface area (Å²) in [6, 6.07) is 0.769. The van der Waals surface area contributed by atoms with Crippen LogP contribution in [0.3, 0.4) is 0 Å². The summed E-state index contributed by atoms with van der Waals surface area (Å²) in [4.78, 5) is 0. The highest BCUT2D eigenvalue weighted by Crippen LogP contribution is 2.16. The van der Waals surface area contributed by atoms with Crippen LogP contribution < -0.4 is 5.32 Å². The summed E-state index contributed by atoms with van der Waals surface area (Å²) in [6.07, 6.45) is 24.4. The van der Waals surface area contributed by atoms with Crippen LogP contribution >= 0.6 is 0 Å². The predicted molar refractivity (Wildman–Crippen MR) is 85.3 cm³/mol. The maximum absolute atomic E-state index is 5.28. The van der Waals surface area contributed by atoms with Crippen molar-refractivity contribution in [3.05, 3.63) is 0 Å². The quantitative estimate of drug-likeness (QED) is 0.540. The van der Waals surface area contributed by atoms with Crippen LogP contribution in [0.5, 0.6) is 0 Å². The Kier molecular flexibility index (Phi) is 10.9. The molecule has 0 aromatic carbocycles. The molecule has 0 radical (unpaired) electrons. The van der Waals surface area contributed by atoms with E-state index in [0.29, 0.717) is 0 Å². The molecule has 0 amide bonds. The maximum Gasteiger partial charge on any atom is 0.00865 e. The monoisotopic (exact) mass is 263 g/mol. The molecule has 0 atom stereocenters. The molecule has 0 aromatic heterocycles. The van der Waals surface area contributed by atoms with Gasteiger partial charge in [-0.05, 0) is 32.2 Å². The van der Waals surface area contributed by atoms with Gasteiger partial charge in [-0.2, -0.15) is 0 Å². The van der Waals surface area contributed by atoms with Gasteiger partial charge in [0.15, 0.2) is 0 Å². The molecule has 1 saturated carbocycles. The van der Waals surface area contributed by atoms with Crippen molar-refractivity contribution in [2.24, 2.45) is 0 Å². The molecular formula is C18H33N. The maximum atomic E-state index is 5.28. The second kappa shape index (κ2) is 12.5. The van der Waals surface area contributed by atoms with E-state index in [2.05, 4.69) is 11.2 Å². The van der Waals surface area contributed by atoms with Crippen LogP contribution in [0, 0.1) is 12.3 Å². The van der Waals surface area contributed by atoms with Gasteiger partial charge in [-0.15, -0.1) is 12.3 Å². The summed E-state index contributed by atoms with van der Waals surface area (Å²) in [7, 11) is 0. The molecule has 0 bridgehead atoms. The Morgan fingerprint density at radius 3 is 1.84 bits per heavy atom. The number of unbranched alkanes of at least 4 members (excludes halogenated alkanes) is 2. The van der Waals surface area contributed by atoms with Gasteiger partial charge in [0.2, 0.25) is 0 Å². The van der Waals surface area contributed by atoms with Crippen LogP contribution in [0.15, 0.2) is 0 Å². The van der Waals surface area contributed by atoms with Crippen molar-refractivity contribution in [1.82, 2.24) is 5.32 Å². The van der Waals surface area contributed by atoms with Crippen LogP contribution in [0.1, 0.15) is 89.9 Å². The van der Waals surface area contributed by atoms with Crippen molar-refractivity contribution in [3.8, 4) is 12.3 Å². The van der Waals surface area contributed by atoms with Crippen LogP contribution in [0.2, 0.25) is 0 Å². The molecule has 1 rings (SSSR count). The van der Waals surface area contributed by atoms with E-state index in [-0.39, 0.29) is 0 Å². The molecule has 1 aliphatic rings. The van der Waals surface area contributed by atoms with Crippen molar-refractivity contribution < 1.29 is 0 Å². The van der Waals surface area contributed by atoms with Crippen molar-refractivity contribution in [3.63, 3.8) is 0 Å². The highest BCUT2D eigenvalue weighted by atomic mass is 14.9. The average Bonchev–Trinajstić information content (AvgIpc) is 2.41. The van der Waals surface area contributed by atoms with Gasteiger partial charge in [-0.25, -0.2) is 0 Å². The zero-order chi connectivity index (χ0) is 13.6. The lowest BCUT2D eigenvalue weighted by Gasteiger charge is -2.19. The van der Waals surface area contributed by atoms with Crippen LogP contribution in [0.25, 0.3) is 0 Å². The van der Waals surface area contributed by atoms with Gasteiger partial charge in [0.1, 0.15) is 0 Å². The molecule has 19 heavy (non-hydrogen) atoms. The highest BCUT2D eigenvalue weighted by Gasteiger charge is 2.08. The first kappa shape index (κ1) is 16.6. The molecule has 0 unspecified atom stereocenters. The summed E-state index contributed by atoms with van der Waals surface area (Å²) < 4.78 is 0. The van der Waals surface area contributed by atoms with Crippen LogP contribution in [-0.2, 0) is 0 Å². The number of nitrogens with one attached hydrogen (secondary N) is 1. The summed E-state index contributed by atoms with van der Waals surface area (Å²) in [5.41, 5.74) is 0. The Bertz CT molecular complexity index is 216. The van der Waals surface area contributed by atoms with E-state index in [1.54, 1.807) is 0 Å². The van der Waals surface area contributed by atoms with Crippen LogP contribution in [-0.4, -0.2) is 12.6 Å². The average molecular weight is 263 g/mol. The number of hydrogen-bond donors (Lipinski definition) is 1. The molecule has 110 valence electrons. The van der Waals surface area contributed by atoms with Gasteiger partial charge in [0, 0.05) is 12.5 Å². The van der Waals surface area contributed by atoms with Gasteiger partial charge in [-0.3, -0.25) is 0 Å². The smallest absolute Gasteiger partial charge is 0.00865 e. The lowest BCUT2D eigenvalue weighted by Crippen LogP contribution is -2.30. The zero-order valence-electron chi connectivity index (χ0n) is 12.8. The molecule has 1 heteroatoms. The van der Waals surface area contributed by atoms with Crippen LogP contribution in [0.4, 0.5) is 0 Å². The van der Waals surface area contributed by atoms with E-state index in [4.69, 9.17) is 6.42 Å². The third-order valence-electron chi connectivity index (χ3n) is 4.29. The normalized spacial score (nSPS) is 20.2. The lowest BCUT2D eigenvalue weighted by atomic mass is 9.98. The fraction of sp³-hybridized carbons (Fsp3) is 0.889. The first-order valence-corrected chi connectivity index (χ1v) is 8.60. The highest BCUT2D eigenvalue weighted by molar-refractivity contribution is 4.83. The number of terminal acetylenes is 1. The zero-order valence-corrected chi connectivity index (χ0v) is 12.8. The third kappa shape index (κ3) is 10.0. The summed E-state index contributed by atoms with van der Waals surface area (Å²) in [6.45, 7) is 1.16. The molecule has 0 spiro atoms. The number of hydrogen-bond acceptors (Lipinski definition) is 1. The van der Waals surface area contributed by atoms with E-state index in [1.165, 1.54) is 83.5 Å². The summed E-state index contributed by atoms with van der Waals surface area (Å²) >= 11 is 0. The van der Waals surface area contributed by atoms with E-state index < -0.39 is 0 Å². The molecule has 1 nitrogen and oxygen atoms in total. The standard InChI is InChI=1S/C18H33N/c1-2-3-4-14-17-19-18-15-12-10-8-6-5-7-9-11-13-16-18/h1,18-19H,3-17H2. The molecule has 0 heterocycles. The summed E-state index contributed by atoms with van der Waals surface area (Å²) in [5.74, 6) is 2.72. The predicted octanol–water partition coefficient (Wildman–Crippen LogP) is 5.05.